The SMILES string of the molecule is O=C(O)C12CC(Br)(CO1)C2. The van der Waals surface area contributed by atoms with Crippen molar-refractivity contribution in [3.63, 3.8) is 0 Å². The Bertz CT molecular complexity index is 195. The number of halogens is 1. The van der Waals surface area contributed by atoms with Crippen LogP contribution in [0.3, 0.4) is 0 Å². The quantitative estimate of drug-likeness (QED) is 0.646. The number of alkyl halides is 1. The first kappa shape index (κ1) is 6.61. The molecule has 0 radical (unpaired) electrons. The third kappa shape index (κ3) is 0.609. The molecule has 1 saturated carbocycles. The van der Waals surface area contributed by atoms with Gasteiger partial charge in [-0.15, -0.1) is 0 Å². The number of rotatable bonds is 1. The Morgan fingerprint density at radius 2 is 2.20 bits per heavy atom. The molecule has 1 aliphatic carbocycles. The normalized spacial score (nSPS) is 50.5. The molecule has 56 valence electrons. The highest BCUT2D eigenvalue weighted by Gasteiger charge is 2.65. The zero-order valence-electron chi connectivity index (χ0n) is 5.26. The molecule has 3 nitrogen and oxygen atoms in total. The van der Waals surface area contributed by atoms with Crippen LogP contribution in [0.25, 0.3) is 0 Å². The van der Waals surface area contributed by atoms with Gasteiger partial charge in [-0.25, -0.2) is 4.79 Å². The van der Waals surface area contributed by atoms with Crippen molar-refractivity contribution in [3.05, 3.63) is 0 Å². The molecule has 2 saturated heterocycles. The highest BCUT2D eigenvalue weighted by molar-refractivity contribution is 9.10. The summed E-state index contributed by atoms with van der Waals surface area (Å²) < 4.78 is 5.12. The largest absolute Gasteiger partial charge is 0.479 e. The van der Waals surface area contributed by atoms with Gasteiger partial charge in [-0.05, 0) is 0 Å². The molecule has 3 aliphatic rings. The third-order valence-corrected chi connectivity index (χ3v) is 2.99. The first-order valence-corrected chi connectivity index (χ1v) is 3.92. The molecule has 0 aromatic rings. The minimum atomic E-state index is -0.830. The van der Waals surface area contributed by atoms with Gasteiger partial charge in [0.25, 0.3) is 0 Å². The number of ether oxygens (including phenoxy) is 1. The fourth-order valence-corrected chi connectivity index (χ4v) is 2.68. The Kier molecular flexibility index (Phi) is 1.03. The Morgan fingerprint density at radius 3 is 2.40 bits per heavy atom. The van der Waals surface area contributed by atoms with Crippen LogP contribution in [-0.2, 0) is 9.53 Å². The molecule has 1 N–H and O–H groups in total. The van der Waals surface area contributed by atoms with Gasteiger partial charge in [0.15, 0.2) is 5.60 Å². The van der Waals surface area contributed by atoms with Crippen molar-refractivity contribution in [1.82, 2.24) is 0 Å². The van der Waals surface area contributed by atoms with Crippen molar-refractivity contribution in [1.29, 1.82) is 0 Å². The number of hydrogen-bond acceptors (Lipinski definition) is 2. The monoisotopic (exact) mass is 206 g/mol. The molecule has 4 heteroatoms. The second kappa shape index (κ2) is 1.56. The van der Waals surface area contributed by atoms with E-state index in [1.54, 1.807) is 0 Å². The maximum atomic E-state index is 10.6. The van der Waals surface area contributed by atoms with Crippen LogP contribution in [0.1, 0.15) is 12.8 Å². The van der Waals surface area contributed by atoms with Gasteiger partial charge in [0.05, 0.1) is 10.9 Å². The van der Waals surface area contributed by atoms with Gasteiger partial charge in [0.1, 0.15) is 0 Å². The molecular weight excluding hydrogens is 200 g/mol. The molecule has 3 fully saturated rings. The molecule has 0 aromatic heterocycles. The number of fused-ring (bicyclic) bond motifs is 1. The van der Waals surface area contributed by atoms with Crippen LogP contribution < -0.4 is 0 Å². The van der Waals surface area contributed by atoms with Crippen molar-refractivity contribution in [2.24, 2.45) is 0 Å². The van der Waals surface area contributed by atoms with E-state index in [-0.39, 0.29) is 4.32 Å². The molecule has 10 heavy (non-hydrogen) atoms. The Hall–Kier alpha value is -0.0900. The number of aliphatic carboxylic acids is 1. The topological polar surface area (TPSA) is 46.5 Å². The van der Waals surface area contributed by atoms with Crippen LogP contribution in [0, 0.1) is 0 Å². The van der Waals surface area contributed by atoms with E-state index in [1.807, 2.05) is 0 Å². The van der Waals surface area contributed by atoms with Crippen LogP contribution in [0.4, 0.5) is 0 Å². The lowest BCUT2D eigenvalue weighted by Gasteiger charge is -2.37. The van der Waals surface area contributed by atoms with E-state index >= 15 is 0 Å². The van der Waals surface area contributed by atoms with E-state index in [0.29, 0.717) is 19.4 Å². The van der Waals surface area contributed by atoms with Crippen LogP contribution in [-0.4, -0.2) is 27.6 Å². The lowest BCUT2D eigenvalue weighted by atomic mass is 9.74. The number of carboxylic acid groups (broad SMARTS) is 1. The summed E-state index contributed by atoms with van der Waals surface area (Å²) in [6.45, 7) is 0.541. The molecule has 2 aliphatic heterocycles. The minimum Gasteiger partial charge on any atom is -0.479 e. The molecule has 0 aromatic carbocycles. The highest BCUT2D eigenvalue weighted by Crippen LogP contribution is 2.56. The summed E-state index contributed by atoms with van der Waals surface area (Å²) in [5, 5.41) is 8.68. The van der Waals surface area contributed by atoms with Crippen molar-refractivity contribution >= 4 is 21.9 Å². The Morgan fingerprint density at radius 1 is 1.60 bits per heavy atom. The van der Waals surface area contributed by atoms with E-state index in [1.165, 1.54) is 0 Å². The molecule has 0 amide bonds. The summed E-state index contributed by atoms with van der Waals surface area (Å²) in [6, 6.07) is 0. The van der Waals surface area contributed by atoms with Crippen molar-refractivity contribution in [3.8, 4) is 0 Å². The summed E-state index contributed by atoms with van der Waals surface area (Å²) in [4.78, 5) is 10.6. The average molecular weight is 207 g/mol. The van der Waals surface area contributed by atoms with Crippen LogP contribution >= 0.6 is 15.9 Å². The number of hydrogen-bond donors (Lipinski definition) is 1. The third-order valence-electron chi connectivity index (χ3n) is 2.20. The van der Waals surface area contributed by atoms with E-state index in [2.05, 4.69) is 15.9 Å². The maximum Gasteiger partial charge on any atom is 0.336 e. The average Bonchev–Trinajstić information content (AvgIpc) is 2.19. The van der Waals surface area contributed by atoms with E-state index in [0.717, 1.165) is 0 Å². The van der Waals surface area contributed by atoms with Gasteiger partial charge in [-0.2, -0.15) is 0 Å². The van der Waals surface area contributed by atoms with Crippen LogP contribution in [0.2, 0.25) is 0 Å². The standard InChI is InChI=1S/C6H7BrO3/c7-5-1-6(2-5,4(8)9)10-3-5/h1-3H2,(H,8,9). The summed E-state index contributed by atoms with van der Waals surface area (Å²) >= 11 is 3.42. The zero-order valence-corrected chi connectivity index (χ0v) is 6.85. The summed E-state index contributed by atoms with van der Waals surface area (Å²) in [6.07, 6.45) is 1.24. The van der Waals surface area contributed by atoms with Crippen LogP contribution in [0.15, 0.2) is 0 Å². The van der Waals surface area contributed by atoms with Crippen molar-refractivity contribution in [2.45, 2.75) is 22.8 Å². The Balaban J connectivity index is 2.20. The predicted molar refractivity (Wildman–Crippen MR) is 37.2 cm³/mol. The second-order valence-corrected chi connectivity index (χ2v) is 4.77. The fraction of sp³-hybridized carbons (Fsp3) is 0.833. The Labute approximate surface area is 66.5 Å². The second-order valence-electron chi connectivity index (χ2n) is 3.09. The number of carbonyl (C=O) groups is 1. The molecule has 0 unspecified atom stereocenters. The van der Waals surface area contributed by atoms with Gasteiger partial charge in [0.2, 0.25) is 0 Å². The summed E-state index contributed by atoms with van der Waals surface area (Å²) in [5.74, 6) is -0.819. The molecule has 0 spiro atoms. The van der Waals surface area contributed by atoms with Gasteiger partial charge >= 0.3 is 5.97 Å². The zero-order chi connectivity index (χ0) is 7.41. The molecule has 0 atom stereocenters. The van der Waals surface area contributed by atoms with Gasteiger partial charge in [0, 0.05) is 12.8 Å². The van der Waals surface area contributed by atoms with Gasteiger partial charge in [-0.1, -0.05) is 15.9 Å². The first-order valence-electron chi connectivity index (χ1n) is 3.13. The van der Waals surface area contributed by atoms with Crippen LogP contribution in [0.5, 0.6) is 0 Å². The summed E-state index contributed by atoms with van der Waals surface area (Å²) in [7, 11) is 0. The van der Waals surface area contributed by atoms with E-state index < -0.39 is 11.6 Å². The maximum absolute atomic E-state index is 10.6. The number of carboxylic acids is 1. The highest BCUT2D eigenvalue weighted by atomic mass is 79.9. The molecule has 2 heterocycles. The van der Waals surface area contributed by atoms with Gasteiger partial charge in [-0.3, -0.25) is 0 Å². The van der Waals surface area contributed by atoms with Gasteiger partial charge < -0.3 is 9.84 Å². The first-order chi connectivity index (χ1) is 4.56. The fourth-order valence-electron chi connectivity index (χ4n) is 1.66. The molecule has 2 bridgehead atoms. The predicted octanol–water partition coefficient (Wildman–Crippen LogP) is 0.768. The molecule has 3 rings (SSSR count). The van der Waals surface area contributed by atoms with Crippen molar-refractivity contribution < 1.29 is 14.6 Å². The lowest BCUT2D eigenvalue weighted by Crippen LogP contribution is -2.50. The minimum absolute atomic E-state index is 0.00854. The van der Waals surface area contributed by atoms with E-state index in [4.69, 9.17) is 9.84 Å². The summed E-state index contributed by atoms with van der Waals surface area (Å²) in [5.41, 5.74) is -0.830. The van der Waals surface area contributed by atoms with Crippen molar-refractivity contribution in [2.75, 3.05) is 6.61 Å². The van der Waals surface area contributed by atoms with E-state index in [9.17, 15) is 4.79 Å². The smallest absolute Gasteiger partial charge is 0.336 e. The lowest BCUT2D eigenvalue weighted by molar-refractivity contribution is -0.161. The molecular formula is C6H7BrO3.